The average molecular weight is 415 g/mol. The van der Waals surface area contributed by atoms with E-state index >= 15 is 0 Å². The molecule has 0 spiro atoms. The molecule has 0 saturated heterocycles. The lowest BCUT2D eigenvalue weighted by Gasteiger charge is -2.28. The third-order valence-electron chi connectivity index (χ3n) is 4.48. The molecular weight excluding hydrogens is 382 g/mol. The van der Waals surface area contributed by atoms with Crippen LogP contribution in [-0.2, 0) is 24.0 Å². The molecule has 4 amide bonds. The van der Waals surface area contributed by atoms with Crippen LogP contribution in [0.15, 0.2) is 0 Å². The SMILES string of the molecule is CCC(C)C(NC(=O)C(NC(=O)C(CC(N)=O)NC(=O)C(C)N)C(C)C)C(=O)O. The molecule has 0 aliphatic rings. The summed E-state index contributed by atoms with van der Waals surface area (Å²) >= 11 is 0. The zero-order chi connectivity index (χ0) is 22.9. The predicted octanol–water partition coefficient (Wildman–Crippen LogP) is -1.55. The number of carboxylic acid groups (broad SMARTS) is 1. The number of nitrogens with two attached hydrogens (primary N) is 2. The Labute approximate surface area is 170 Å². The van der Waals surface area contributed by atoms with E-state index in [4.69, 9.17) is 11.5 Å². The molecule has 0 aromatic carbocycles. The molecule has 0 aliphatic carbocycles. The zero-order valence-corrected chi connectivity index (χ0v) is 17.5. The van der Waals surface area contributed by atoms with E-state index in [-0.39, 0.29) is 5.92 Å². The van der Waals surface area contributed by atoms with Crippen molar-refractivity contribution in [3.05, 3.63) is 0 Å². The minimum Gasteiger partial charge on any atom is -0.480 e. The fraction of sp³-hybridized carbons (Fsp3) is 0.722. The maximum atomic E-state index is 12.6. The van der Waals surface area contributed by atoms with Gasteiger partial charge in [-0.05, 0) is 18.8 Å². The van der Waals surface area contributed by atoms with Crippen LogP contribution in [0.1, 0.15) is 47.5 Å². The highest BCUT2D eigenvalue weighted by Crippen LogP contribution is 2.10. The molecule has 0 fully saturated rings. The lowest BCUT2D eigenvalue weighted by Crippen LogP contribution is -2.59. The molecule has 0 saturated carbocycles. The van der Waals surface area contributed by atoms with Gasteiger partial charge in [0.1, 0.15) is 18.1 Å². The van der Waals surface area contributed by atoms with E-state index < -0.39 is 66.1 Å². The fourth-order valence-corrected chi connectivity index (χ4v) is 2.43. The summed E-state index contributed by atoms with van der Waals surface area (Å²) in [6, 6.07) is -4.44. The number of amides is 4. The van der Waals surface area contributed by atoms with E-state index in [0.29, 0.717) is 6.42 Å². The Morgan fingerprint density at radius 2 is 1.38 bits per heavy atom. The first-order chi connectivity index (χ1) is 13.3. The first-order valence-electron chi connectivity index (χ1n) is 9.49. The molecule has 0 aliphatic heterocycles. The molecule has 166 valence electrons. The summed E-state index contributed by atoms with van der Waals surface area (Å²) in [6.45, 7) is 8.21. The van der Waals surface area contributed by atoms with E-state index in [2.05, 4.69) is 16.0 Å². The summed E-state index contributed by atoms with van der Waals surface area (Å²) in [5, 5.41) is 16.6. The number of nitrogens with one attached hydrogen (secondary N) is 3. The second-order valence-electron chi connectivity index (χ2n) is 7.46. The second kappa shape index (κ2) is 12.0. The Balaban J connectivity index is 5.42. The Morgan fingerprint density at radius 3 is 1.76 bits per heavy atom. The van der Waals surface area contributed by atoms with E-state index in [1.54, 1.807) is 27.7 Å². The number of aliphatic carboxylic acids is 1. The van der Waals surface area contributed by atoms with Gasteiger partial charge in [0, 0.05) is 0 Å². The van der Waals surface area contributed by atoms with E-state index in [9.17, 15) is 29.1 Å². The maximum Gasteiger partial charge on any atom is 0.326 e. The molecule has 0 aromatic rings. The smallest absolute Gasteiger partial charge is 0.326 e. The van der Waals surface area contributed by atoms with Crippen LogP contribution in [0, 0.1) is 11.8 Å². The lowest BCUT2D eigenvalue weighted by atomic mass is 9.97. The summed E-state index contributed by atoms with van der Waals surface area (Å²) in [7, 11) is 0. The normalized spacial score (nSPS) is 16.1. The third kappa shape index (κ3) is 8.90. The van der Waals surface area contributed by atoms with Crippen molar-refractivity contribution in [2.75, 3.05) is 0 Å². The summed E-state index contributed by atoms with van der Waals surface area (Å²) < 4.78 is 0. The molecule has 0 aromatic heterocycles. The molecule has 5 atom stereocenters. The van der Waals surface area contributed by atoms with Crippen molar-refractivity contribution in [2.45, 2.75) is 71.6 Å². The van der Waals surface area contributed by atoms with Crippen LogP contribution in [0.3, 0.4) is 0 Å². The molecule has 0 heterocycles. The van der Waals surface area contributed by atoms with Crippen LogP contribution < -0.4 is 27.4 Å². The third-order valence-corrected chi connectivity index (χ3v) is 4.48. The van der Waals surface area contributed by atoms with Gasteiger partial charge in [-0.25, -0.2) is 4.79 Å². The van der Waals surface area contributed by atoms with Crippen LogP contribution in [0.25, 0.3) is 0 Å². The highest BCUT2D eigenvalue weighted by Gasteiger charge is 2.33. The van der Waals surface area contributed by atoms with Gasteiger partial charge in [-0.15, -0.1) is 0 Å². The van der Waals surface area contributed by atoms with E-state index in [0.717, 1.165) is 0 Å². The van der Waals surface area contributed by atoms with Crippen molar-refractivity contribution < 1.29 is 29.1 Å². The van der Waals surface area contributed by atoms with Crippen LogP contribution in [0.4, 0.5) is 0 Å². The lowest BCUT2D eigenvalue weighted by molar-refractivity contribution is -0.144. The summed E-state index contributed by atoms with van der Waals surface area (Å²) in [5.74, 6) is -4.89. The van der Waals surface area contributed by atoms with Gasteiger partial charge in [0.2, 0.25) is 23.6 Å². The molecule has 5 unspecified atom stereocenters. The predicted molar refractivity (Wildman–Crippen MR) is 105 cm³/mol. The van der Waals surface area contributed by atoms with Crippen LogP contribution in [0.5, 0.6) is 0 Å². The first-order valence-corrected chi connectivity index (χ1v) is 9.49. The number of carbonyl (C=O) groups is 5. The minimum absolute atomic E-state index is 0.326. The first kappa shape index (κ1) is 26.3. The Bertz CT molecular complexity index is 622. The number of carbonyl (C=O) groups excluding carboxylic acids is 4. The summed E-state index contributed by atoms with van der Waals surface area (Å²) in [6.07, 6.45) is 0.0429. The Morgan fingerprint density at radius 1 is 0.862 bits per heavy atom. The number of carboxylic acids is 1. The van der Waals surface area contributed by atoms with Crippen molar-refractivity contribution >= 4 is 29.6 Å². The zero-order valence-electron chi connectivity index (χ0n) is 17.5. The van der Waals surface area contributed by atoms with Gasteiger partial charge in [0.25, 0.3) is 0 Å². The topological polar surface area (TPSA) is 194 Å². The number of hydrogen-bond acceptors (Lipinski definition) is 6. The van der Waals surface area contributed by atoms with Crippen LogP contribution in [0.2, 0.25) is 0 Å². The van der Waals surface area contributed by atoms with Crippen molar-refractivity contribution in [3.8, 4) is 0 Å². The monoisotopic (exact) mass is 415 g/mol. The highest BCUT2D eigenvalue weighted by molar-refractivity contribution is 5.96. The molecule has 0 bridgehead atoms. The van der Waals surface area contributed by atoms with E-state index in [1.807, 2.05) is 0 Å². The quantitative estimate of drug-likeness (QED) is 0.222. The molecular formula is C18H33N5O6. The molecule has 11 heteroatoms. The van der Waals surface area contributed by atoms with Gasteiger partial charge >= 0.3 is 5.97 Å². The molecule has 0 radical (unpaired) electrons. The van der Waals surface area contributed by atoms with Gasteiger partial charge in [-0.3, -0.25) is 19.2 Å². The number of primary amides is 1. The average Bonchev–Trinajstić information content (AvgIpc) is 2.61. The van der Waals surface area contributed by atoms with Crippen LogP contribution >= 0.6 is 0 Å². The number of hydrogen-bond donors (Lipinski definition) is 6. The maximum absolute atomic E-state index is 12.6. The number of rotatable bonds is 12. The van der Waals surface area contributed by atoms with Gasteiger partial charge in [-0.2, -0.15) is 0 Å². The van der Waals surface area contributed by atoms with Crippen molar-refractivity contribution in [2.24, 2.45) is 23.3 Å². The van der Waals surface area contributed by atoms with Gasteiger partial charge in [0.15, 0.2) is 0 Å². The Hall–Kier alpha value is -2.69. The molecule has 8 N–H and O–H groups in total. The van der Waals surface area contributed by atoms with Crippen molar-refractivity contribution in [1.29, 1.82) is 0 Å². The molecule has 11 nitrogen and oxygen atoms in total. The molecule has 29 heavy (non-hydrogen) atoms. The largest absolute Gasteiger partial charge is 0.480 e. The van der Waals surface area contributed by atoms with Crippen molar-refractivity contribution in [1.82, 2.24) is 16.0 Å². The minimum atomic E-state index is -1.31. The fourth-order valence-electron chi connectivity index (χ4n) is 2.43. The summed E-state index contributed by atoms with van der Waals surface area (Å²) in [5.41, 5.74) is 10.6. The van der Waals surface area contributed by atoms with Gasteiger partial charge in [-0.1, -0.05) is 34.1 Å². The second-order valence-corrected chi connectivity index (χ2v) is 7.46. The summed E-state index contributed by atoms with van der Waals surface area (Å²) in [4.78, 5) is 59.8. The van der Waals surface area contributed by atoms with Crippen LogP contribution in [-0.4, -0.2) is 58.9 Å². The van der Waals surface area contributed by atoms with E-state index in [1.165, 1.54) is 6.92 Å². The van der Waals surface area contributed by atoms with Crippen molar-refractivity contribution in [3.63, 3.8) is 0 Å². The Kier molecular flexibility index (Phi) is 10.9. The molecule has 0 rings (SSSR count). The standard InChI is InChI=1S/C18H33N5O6/c1-6-9(4)14(18(28)29)23-17(27)13(8(2)3)22-16(26)11(7-12(20)24)21-15(25)10(5)19/h8-11,13-14H,6-7,19H2,1-5H3,(H2,20,24)(H,21,25)(H,22,26)(H,23,27)(H,28,29). The van der Waals surface area contributed by atoms with Gasteiger partial charge in [0.05, 0.1) is 12.5 Å². The van der Waals surface area contributed by atoms with Gasteiger partial charge < -0.3 is 32.5 Å². The highest BCUT2D eigenvalue weighted by atomic mass is 16.4.